The fraction of sp³-hybridized carbons (Fsp3) is 0.538. The molecule has 6 heteroatoms. The van der Waals surface area contributed by atoms with Crippen LogP contribution in [0.1, 0.15) is 12.8 Å². The lowest BCUT2D eigenvalue weighted by atomic mass is 10.1. The first-order chi connectivity index (χ1) is 9.11. The Labute approximate surface area is 121 Å². The summed E-state index contributed by atoms with van der Waals surface area (Å²) in [5, 5.41) is 7.54. The van der Waals surface area contributed by atoms with Crippen molar-refractivity contribution in [2.45, 2.75) is 25.4 Å². The molecule has 1 aliphatic heterocycles. The Morgan fingerprint density at radius 2 is 2.26 bits per heavy atom. The van der Waals surface area contributed by atoms with E-state index < -0.39 is 0 Å². The number of anilines is 1. The predicted octanol–water partition coefficient (Wildman–Crippen LogP) is 1.70. The molecule has 0 aromatic carbocycles. The molecular formula is C13H19BrN4O. The molecule has 1 aromatic rings. The van der Waals surface area contributed by atoms with Gasteiger partial charge in [-0.05, 0) is 48.9 Å². The molecular weight excluding hydrogens is 308 g/mol. The Morgan fingerprint density at radius 3 is 2.89 bits per heavy atom. The Kier molecular flexibility index (Phi) is 4.76. The highest BCUT2D eigenvalue weighted by atomic mass is 79.9. The first-order valence-corrected chi connectivity index (χ1v) is 7.22. The predicted molar refractivity (Wildman–Crippen MR) is 80.5 cm³/mol. The van der Waals surface area contributed by atoms with Gasteiger partial charge in [-0.2, -0.15) is 5.10 Å². The molecule has 2 rings (SSSR count). The summed E-state index contributed by atoms with van der Waals surface area (Å²) >= 11 is 3.36. The van der Waals surface area contributed by atoms with Crippen LogP contribution >= 0.6 is 15.9 Å². The van der Waals surface area contributed by atoms with Crippen LogP contribution in [0.2, 0.25) is 0 Å². The summed E-state index contributed by atoms with van der Waals surface area (Å²) in [4.78, 5) is 14.3. The molecule has 0 amide bonds. The van der Waals surface area contributed by atoms with Gasteiger partial charge in [-0.1, -0.05) is 6.08 Å². The van der Waals surface area contributed by atoms with Crippen LogP contribution in [-0.4, -0.2) is 40.9 Å². The van der Waals surface area contributed by atoms with E-state index in [0.29, 0.717) is 17.1 Å². The summed E-state index contributed by atoms with van der Waals surface area (Å²) in [7, 11) is 2.13. The topological polar surface area (TPSA) is 50.2 Å². The zero-order valence-corrected chi connectivity index (χ0v) is 12.7. The number of allylic oxidation sites excluding steroid dienone is 1. The maximum atomic E-state index is 12.0. The fourth-order valence-corrected chi connectivity index (χ4v) is 2.61. The quantitative estimate of drug-likeness (QED) is 0.855. The van der Waals surface area contributed by atoms with Crippen LogP contribution in [0.15, 0.2) is 28.1 Å². The van der Waals surface area contributed by atoms with Gasteiger partial charge in [-0.15, -0.1) is 6.58 Å². The van der Waals surface area contributed by atoms with Crippen molar-refractivity contribution >= 4 is 21.6 Å². The van der Waals surface area contributed by atoms with E-state index >= 15 is 0 Å². The van der Waals surface area contributed by atoms with Gasteiger partial charge in [-0.3, -0.25) is 4.79 Å². The summed E-state index contributed by atoms with van der Waals surface area (Å²) in [5.74, 6) is 0. The van der Waals surface area contributed by atoms with Gasteiger partial charge in [-0.25, -0.2) is 4.68 Å². The van der Waals surface area contributed by atoms with Crippen LogP contribution in [0.25, 0.3) is 0 Å². The maximum absolute atomic E-state index is 12.0. The lowest BCUT2D eigenvalue weighted by Gasteiger charge is -2.30. The van der Waals surface area contributed by atoms with E-state index in [-0.39, 0.29) is 5.56 Å². The number of hydrogen-bond donors (Lipinski definition) is 1. The van der Waals surface area contributed by atoms with E-state index in [1.54, 1.807) is 12.3 Å². The molecule has 0 spiro atoms. The molecule has 0 bridgehead atoms. The van der Waals surface area contributed by atoms with Crippen molar-refractivity contribution in [3.8, 4) is 0 Å². The summed E-state index contributed by atoms with van der Waals surface area (Å²) in [5.41, 5.74) is 0.651. The summed E-state index contributed by atoms with van der Waals surface area (Å²) in [6, 6.07) is 0.406. The second-order valence-electron chi connectivity index (χ2n) is 4.87. The van der Waals surface area contributed by atoms with Crippen molar-refractivity contribution in [3.05, 3.63) is 33.7 Å². The van der Waals surface area contributed by atoms with E-state index in [1.807, 2.05) is 0 Å². The Hall–Kier alpha value is -1.14. The van der Waals surface area contributed by atoms with Crippen molar-refractivity contribution < 1.29 is 0 Å². The van der Waals surface area contributed by atoms with Gasteiger partial charge in [0.15, 0.2) is 0 Å². The standard InChI is InChI=1S/C13H19BrN4O/c1-3-6-18-13(19)12(14)11(9-15-18)16-10-4-7-17(2)8-5-10/h3,9-10,16H,1,4-8H2,2H3. The fourth-order valence-electron chi connectivity index (χ4n) is 2.19. The Morgan fingerprint density at radius 1 is 1.58 bits per heavy atom. The molecule has 0 atom stereocenters. The van der Waals surface area contributed by atoms with Gasteiger partial charge in [0, 0.05) is 6.04 Å². The van der Waals surface area contributed by atoms with Gasteiger partial charge in [0.05, 0.1) is 18.4 Å². The molecule has 5 nitrogen and oxygen atoms in total. The number of piperidine rings is 1. The molecule has 1 N–H and O–H groups in total. The van der Waals surface area contributed by atoms with Gasteiger partial charge < -0.3 is 10.2 Å². The minimum absolute atomic E-state index is 0.127. The van der Waals surface area contributed by atoms with Crippen LogP contribution in [0.3, 0.4) is 0 Å². The third-order valence-corrected chi connectivity index (χ3v) is 4.13. The van der Waals surface area contributed by atoms with Crippen molar-refractivity contribution in [1.29, 1.82) is 0 Å². The largest absolute Gasteiger partial charge is 0.380 e. The third kappa shape index (κ3) is 3.45. The lowest BCUT2D eigenvalue weighted by molar-refractivity contribution is 0.264. The smallest absolute Gasteiger partial charge is 0.283 e. The van der Waals surface area contributed by atoms with Crippen LogP contribution in [0.4, 0.5) is 5.69 Å². The zero-order valence-electron chi connectivity index (χ0n) is 11.1. The first-order valence-electron chi connectivity index (χ1n) is 6.43. The molecule has 1 fully saturated rings. The number of nitrogens with one attached hydrogen (secondary N) is 1. The molecule has 19 heavy (non-hydrogen) atoms. The highest BCUT2D eigenvalue weighted by Gasteiger charge is 2.18. The van der Waals surface area contributed by atoms with Gasteiger partial charge in [0.2, 0.25) is 0 Å². The minimum atomic E-state index is -0.127. The van der Waals surface area contributed by atoms with Gasteiger partial charge in [0.25, 0.3) is 5.56 Å². The number of likely N-dealkylation sites (tertiary alicyclic amines) is 1. The lowest BCUT2D eigenvalue weighted by Crippen LogP contribution is -2.37. The van der Waals surface area contributed by atoms with Gasteiger partial charge in [0.1, 0.15) is 4.47 Å². The zero-order chi connectivity index (χ0) is 13.8. The van der Waals surface area contributed by atoms with Crippen molar-refractivity contribution in [1.82, 2.24) is 14.7 Å². The van der Waals surface area contributed by atoms with Crippen molar-refractivity contribution in [3.63, 3.8) is 0 Å². The Bertz CT molecular complexity index is 506. The van der Waals surface area contributed by atoms with E-state index in [4.69, 9.17) is 0 Å². The molecule has 0 aliphatic carbocycles. The molecule has 0 saturated carbocycles. The minimum Gasteiger partial charge on any atom is -0.380 e. The van der Waals surface area contributed by atoms with Crippen LogP contribution in [0, 0.1) is 0 Å². The summed E-state index contributed by atoms with van der Waals surface area (Å²) in [6.07, 6.45) is 5.52. The number of halogens is 1. The first kappa shape index (κ1) is 14.3. The SMILES string of the molecule is C=CCn1ncc(NC2CCN(C)CC2)c(Br)c1=O. The van der Waals surface area contributed by atoms with Crippen LogP contribution < -0.4 is 10.9 Å². The highest BCUT2D eigenvalue weighted by Crippen LogP contribution is 2.20. The van der Waals surface area contributed by atoms with E-state index in [0.717, 1.165) is 31.6 Å². The number of nitrogens with zero attached hydrogens (tertiary/aromatic N) is 3. The summed E-state index contributed by atoms with van der Waals surface area (Å²) < 4.78 is 1.93. The second-order valence-corrected chi connectivity index (χ2v) is 5.66. The monoisotopic (exact) mass is 326 g/mol. The highest BCUT2D eigenvalue weighted by molar-refractivity contribution is 9.10. The molecule has 0 radical (unpaired) electrons. The molecule has 1 saturated heterocycles. The van der Waals surface area contributed by atoms with E-state index in [2.05, 4.69) is 44.9 Å². The summed E-state index contributed by atoms with van der Waals surface area (Å²) in [6.45, 7) is 6.20. The Balaban J connectivity index is 2.11. The average molecular weight is 327 g/mol. The van der Waals surface area contributed by atoms with Crippen molar-refractivity contribution in [2.24, 2.45) is 0 Å². The molecule has 1 aromatic heterocycles. The normalized spacial score (nSPS) is 17.4. The van der Waals surface area contributed by atoms with Crippen LogP contribution in [-0.2, 0) is 6.54 Å². The van der Waals surface area contributed by atoms with Crippen molar-refractivity contribution in [2.75, 3.05) is 25.5 Å². The number of rotatable bonds is 4. The number of hydrogen-bond acceptors (Lipinski definition) is 4. The molecule has 104 valence electrons. The average Bonchev–Trinajstić information content (AvgIpc) is 2.41. The molecule has 0 unspecified atom stereocenters. The molecule has 2 heterocycles. The number of aromatic nitrogens is 2. The maximum Gasteiger partial charge on any atom is 0.283 e. The molecule has 1 aliphatic rings. The second kappa shape index (κ2) is 6.34. The third-order valence-electron chi connectivity index (χ3n) is 3.37. The van der Waals surface area contributed by atoms with Crippen LogP contribution in [0.5, 0.6) is 0 Å². The van der Waals surface area contributed by atoms with Gasteiger partial charge >= 0.3 is 0 Å². The van der Waals surface area contributed by atoms with E-state index in [1.165, 1.54) is 4.68 Å². The van der Waals surface area contributed by atoms with E-state index in [9.17, 15) is 4.79 Å².